The van der Waals surface area contributed by atoms with Crippen LogP contribution in [0.5, 0.6) is 0 Å². The fourth-order valence-electron chi connectivity index (χ4n) is 4.31. The number of hydrogen-bond acceptors (Lipinski definition) is 4. The van der Waals surface area contributed by atoms with Crippen LogP contribution in [-0.2, 0) is 6.54 Å². The summed E-state index contributed by atoms with van der Waals surface area (Å²) in [6, 6.07) is 12.8. The SMILES string of the molecule is O=C(c1cc(-c2ccccn2)n[nH]1)N1C[C@@H]2C[C@H](C1)c1cccc(=O)n1C2. The Labute approximate surface area is 155 Å². The highest BCUT2D eigenvalue weighted by molar-refractivity contribution is 5.93. The molecule has 7 nitrogen and oxygen atoms in total. The van der Waals surface area contributed by atoms with Crippen molar-refractivity contribution in [3.05, 3.63) is 70.4 Å². The molecule has 1 amide bonds. The van der Waals surface area contributed by atoms with Gasteiger partial charge < -0.3 is 9.47 Å². The predicted molar refractivity (Wildman–Crippen MR) is 99.3 cm³/mol. The van der Waals surface area contributed by atoms with E-state index in [1.165, 1.54) is 0 Å². The van der Waals surface area contributed by atoms with E-state index in [4.69, 9.17) is 0 Å². The second kappa shape index (κ2) is 6.19. The summed E-state index contributed by atoms with van der Waals surface area (Å²) in [5, 5.41) is 7.10. The minimum absolute atomic E-state index is 0.0499. The van der Waals surface area contributed by atoms with E-state index in [0.717, 1.165) is 17.8 Å². The molecular weight excluding hydrogens is 342 g/mol. The summed E-state index contributed by atoms with van der Waals surface area (Å²) in [5.74, 6) is 0.457. The standard InChI is InChI=1S/C20H19N5O2/c26-19-6-3-5-18-14-8-13(11-25(18)19)10-24(12-14)20(27)17-9-16(22-23-17)15-4-1-2-7-21-15/h1-7,9,13-14H,8,10-12H2,(H,22,23)/t13-,14+/m0/s1. The van der Waals surface area contributed by atoms with E-state index in [1.54, 1.807) is 18.3 Å². The van der Waals surface area contributed by atoms with Crippen molar-refractivity contribution in [3.63, 3.8) is 0 Å². The number of carbonyl (C=O) groups excluding carboxylic acids is 1. The molecule has 0 unspecified atom stereocenters. The lowest BCUT2D eigenvalue weighted by Crippen LogP contribution is -2.49. The lowest BCUT2D eigenvalue weighted by molar-refractivity contribution is 0.0588. The summed E-state index contributed by atoms with van der Waals surface area (Å²) < 4.78 is 1.87. The second-order valence-electron chi connectivity index (χ2n) is 7.29. The Morgan fingerprint density at radius 2 is 2.00 bits per heavy atom. The van der Waals surface area contributed by atoms with Crippen molar-refractivity contribution in [1.29, 1.82) is 0 Å². The zero-order chi connectivity index (χ0) is 18.4. The van der Waals surface area contributed by atoms with Gasteiger partial charge in [0.25, 0.3) is 11.5 Å². The van der Waals surface area contributed by atoms with Crippen molar-refractivity contribution in [2.45, 2.75) is 18.9 Å². The van der Waals surface area contributed by atoms with Crippen LogP contribution in [0.15, 0.2) is 53.5 Å². The van der Waals surface area contributed by atoms with Gasteiger partial charge in [-0.1, -0.05) is 12.1 Å². The molecule has 1 N–H and O–H groups in total. The first-order chi connectivity index (χ1) is 13.2. The van der Waals surface area contributed by atoms with Gasteiger partial charge in [0.05, 0.1) is 5.69 Å². The molecule has 1 saturated heterocycles. The highest BCUT2D eigenvalue weighted by atomic mass is 16.2. The maximum Gasteiger partial charge on any atom is 0.271 e. The van der Waals surface area contributed by atoms with Crippen LogP contribution < -0.4 is 5.56 Å². The van der Waals surface area contributed by atoms with Crippen molar-refractivity contribution in [1.82, 2.24) is 24.6 Å². The number of hydrogen-bond donors (Lipinski definition) is 1. The molecule has 5 rings (SSSR count). The van der Waals surface area contributed by atoms with E-state index < -0.39 is 0 Å². The van der Waals surface area contributed by atoms with Gasteiger partial charge >= 0.3 is 0 Å². The van der Waals surface area contributed by atoms with Gasteiger partial charge in [-0.05, 0) is 36.6 Å². The quantitative estimate of drug-likeness (QED) is 0.755. The van der Waals surface area contributed by atoms with Gasteiger partial charge in [-0.3, -0.25) is 19.7 Å². The van der Waals surface area contributed by atoms with Gasteiger partial charge in [-0.2, -0.15) is 5.10 Å². The van der Waals surface area contributed by atoms with E-state index in [-0.39, 0.29) is 17.4 Å². The Bertz CT molecular complexity index is 1060. The van der Waals surface area contributed by atoms with Crippen LogP contribution in [0.3, 0.4) is 0 Å². The highest BCUT2D eigenvalue weighted by Crippen LogP contribution is 2.35. The zero-order valence-electron chi connectivity index (χ0n) is 14.7. The Morgan fingerprint density at radius 1 is 1.07 bits per heavy atom. The molecule has 0 radical (unpaired) electrons. The maximum absolute atomic E-state index is 13.0. The number of nitrogens with zero attached hydrogens (tertiary/aromatic N) is 4. The third-order valence-electron chi connectivity index (χ3n) is 5.50. The lowest BCUT2D eigenvalue weighted by Gasteiger charge is -2.42. The van der Waals surface area contributed by atoms with Gasteiger partial charge in [0.1, 0.15) is 11.4 Å². The second-order valence-corrected chi connectivity index (χ2v) is 7.29. The molecule has 0 spiro atoms. The molecule has 3 aromatic heterocycles. The summed E-state index contributed by atoms with van der Waals surface area (Å²) in [4.78, 5) is 31.3. The smallest absolute Gasteiger partial charge is 0.271 e. The van der Waals surface area contributed by atoms with E-state index in [0.29, 0.717) is 36.9 Å². The average molecular weight is 361 g/mol. The molecule has 0 aliphatic carbocycles. The molecule has 5 heterocycles. The summed E-state index contributed by atoms with van der Waals surface area (Å²) >= 11 is 0. The number of rotatable bonds is 2. The van der Waals surface area contributed by atoms with Crippen molar-refractivity contribution < 1.29 is 4.79 Å². The van der Waals surface area contributed by atoms with E-state index >= 15 is 0 Å². The number of H-pyrrole nitrogens is 1. The van der Waals surface area contributed by atoms with E-state index in [9.17, 15) is 9.59 Å². The van der Waals surface area contributed by atoms with Gasteiger partial charge in [-0.25, -0.2) is 0 Å². The van der Waals surface area contributed by atoms with Gasteiger partial charge in [0, 0.05) is 43.5 Å². The molecule has 3 aromatic rings. The van der Waals surface area contributed by atoms with E-state index in [1.807, 2.05) is 39.8 Å². The Hall–Kier alpha value is -3.22. The minimum Gasteiger partial charge on any atom is -0.336 e. The maximum atomic E-state index is 13.0. The highest BCUT2D eigenvalue weighted by Gasteiger charge is 2.36. The van der Waals surface area contributed by atoms with E-state index in [2.05, 4.69) is 15.2 Å². The van der Waals surface area contributed by atoms with Crippen molar-refractivity contribution in [2.75, 3.05) is 13.1 Å². The Morgan fingerprint density at radius 3 is 2.85 bits per heavy atom. The monoisotopic (exact) mass is 361 g/mol. The van der Waals surface area contributed by atoms with Crippen LogP contribution in [0.2, 0.25) is 0 Å². The number of carbonyl (C=O) groups is 1. The molecule has 27 heavy (non-hydrogen) atoms. The minimum atomic E-state index is -0.0499. The zero-order valence-corrected chi connectivity index (χ0v) is 14.7. The van der Waals surface area contributed by atoms with Crippen LogP contribution in [0.25, 0.3) is 11.4 Å². The van der Waals surface area contributed by atoms with Crippen LogP contribution in [0.1, 0.15) is 28.5 Å². The molecule has 7 heteroatoms. The Kier molecular flexibility index (Phi) is 3.67. The number of amides is 1. The number of fused-ring (bicyclic) bond motifs is 4. The summed E-state index contributed by atoms with van der Waals surface area (Å²) in [6.45, 7) is 1.96. The van der Waals surface area contributed by atoms with Crippen LogP contribution in [0.4, 0.5) is 0 Å². The normalized spacial score (nSPS) is 21.0. The molecule has 0 saturated carbocycles. The molecule has 136 valence electrons. The largest absolute Gasteiger partial charge is 0.336 e. The van der Waals surface area contributed by atoms with Crippen LogP contribution in [-0.4, -0.2) is 43.6 Å². The first-order valence-electron chi connectivity index (χ1n) is 9.15. The average Bonchev–Trinajstić information content (AvgIpc) is 3.19. The van der Waals surface area contributed by atoms with Gasteiger partial charge in [-0.15, -0.1) is 0 Å². The number of aromatic amines is 1. The fourth-order valence-corrected chi connectivity index (χ4v) is 4.31. The number of nitrogens with one attached hydrogen (secondary N) is 1. The summed E-state index contributed by atoms with van der Waals surface area (Å²) in [6.07, 6.45) is 2.73. The lowest BCUT2D eigenvalue weighted by atomic mass is 9.83. The first-order valence-corrected chi connectivity index (χ1v) is 9.15. The fraction of sp³-hybridized carbons (Fsp3) is 0.300. The van der Waals surface area contributed by atoms with Crippen LogP contribution >= 0.6 is 0 Å². The number of likely N-dealkylation sites (tertiary alicyclic amines) is 1. The molecule has 2 atom stereocenters. The molecule has 0 aromatic carbocycles. The molecule has 2 bridgehead atoms. The van der Waals surface area contributed by atoms with Gasteiger partial charge in [0.2, 0.25) is 0 Å². The topological polar surface area (TPSA) is 83.9 Å². The molecule has 2 aliphatic heterocycles. The number of aromatic nitrogens is 4. The predicted octanol–water partition coefficient (Wildman–Crippen LogP) is 1.89. The molecule has 2 aliphatic rings. The van der Waals surface area contributed by atoms with Crippen molar-refractivity contribution in [2.24, 2.45) is 5.92 Å². The first kappa shape index (κ1) is 16.0. The number of pyridine rings is 2. The summed E-state index contributed by atoms with van der Waals surface area (Å²) in [7, 11) is 0. The summed E-state index contributed by atoms with van der Waals surface area (Å²) in [5.41, 5.74) is 2.95. The third-order valence-corrected chi connectivity index (χ3v) is 5.50. The third kappa shape index (κ3) is 2.75. The van der Waals surface area contributed by atoms with Crippen LogP contribution in [0, 0.1) is 5.92 Å². The molecular formula is C20H19N5O2. The van der Waals surface area contributed by atoms with Crippen molar-refractivity contribution in [3.8, 4) is 11.4 Å². The van der Waals surface area contributed by atoms with Crippen molar-refractivity contribution >= 4 is 5.91 Å². The van der Waals surface area contributed by atoms with Gasteiger partial charge in [0.15, 0.2) is 0 Å². The Balaban J connectivity index is 1.40. The molecule has 1 fully saturated rings. The number of piperidine rings is 1.